The highest BCUT2D eigenvalue weighted by Crippen LogP contribution is 2.16. The standard InChI is InChI=1S/C14H13FN2O2S/c1-10-5-6-11(8-12(10)15)16-13(18)9-20-14-4-2-3-7-17(14)19/h2-8H,9H2,1H3,(H,16,18). The van der Waals surface area contributed by atoms with E-state index in [4.69, 9.17) is 0 Å². The number of hydrogen-bond donors (Lipinski definition) is 1. The number of nitrogens with one attached hydrogen (secondary N) is 1. The minimum absolute atomic E-state index is 0.0851. The predicted molar refractivity (Wildman–Crippen MR) is 75.9 cm³/mol. The van der Waals surface area contributed by atoms with Gasteiger partial charge in [-0.25, -0.2) is 4.39 Å². The smallest absolute Gasteiger partial charge is 0.251 e. The Morgan fingerprint density at radius 3 is 2.90 bits per heavy atom. The third-order valence-corrected chi connectivity index (χ3v) is 3.61. The van der Waals surface area contributed by atoms with Crippen LogP contribution in [-0.4, -0.2) is 11.7 Å². The van der Waals surface area contributed by atoms with E-state index < -0.39 is 0 Å². The highest BCUT2D eigenvalue weighted by Gasteiger charge is 2.09. The fourth-order valence-corrected chi connectivity index (χ4v) is 2.25. The number of aryl methyl sites for hydroxylation is 1. The number of pyridine rings is 1. The number of carbonyl (C=O) groups excluding carboxylic acids is 1. The van der Waals surface area contributed by atoms with Crippen molar-refractivity contribution in [2.24, 2.45) is 0 Å². The molecule has 104 valence electrons. The van der Waals surface area contributed by atoms with E-state index in [1.54, 1.807) is 37.3 Å². The molecule has 1 aromatic carbocycles. The van der Waals surface area contributed by atoms with Crippen LogP contribution >= 0.6 is 11.8 Å². The van der Waals surface area contributed by atoms with Crippen LogP contribution < -0.4 is 10.0 Å². The highest BCUT2D eigenvalue weighted by atomic mass is 32.2. The molecule has 20 heavy (non-hydrogen) atoms. The molecule has 0 radical (unpaired) electrons. The Bertz CT molecular complexity index is 634. The van der Waals surface area contributed by atoms with Crippen LogP contribution in [0.2, 0.25) is 0 Å². The first-order chi connectivity index (χ1) is 9.56. The second kappa shape index (κ2) is 6.38. The number of thioether (sulfide) groups is 1. The van der Waals surface area contributed by atoms with Crippen LogP contribution in [0.3, 0.4) is 0 Å². The van der Waals surface area contributed by atoms with Crippen LogP contribution in [0.4, 0.5) is 10.1 Å². The quantitative estimate of drug-likeness (QED) is 0.535. The van der Waals surface area contributed by atoms with Crippen LogP contribution in [0.5, 0.6) is 0 Å². The van der Waals surface area contributed by atoms with E-state index >= 15 is 0 Å². The van der Waals surface area contributed by atoms with Crippen molar-refractivity contribution in [2.45, 2.75) is 11.9 Å². The number of aromatic nitrogens is 1. The summed E-state index contributed by atoms with van der Waals surface area (Å²) in [6.07, 6.45) is 1.37. The van der Waals surface area contributed by atoms with Gasteiger partial charge in [0.1, 0.15) is 5.82 Å². The van der Waals surface area contributed by atoms with Gasteiger partial charge in [-0.15, -0.1) is 0 Å². The topological polar surface area (TPSA) is 56.0 Å². The lowest BCUT2D eigenvalue weighted by atomic mass is 10.2. The van der Waals surface area contributed by atoms with E-state index in [1.165, 1.54) is 12.3 Å². The summed E-state index contributed by atoms with van der Waals surface area (Å²) < 4.78 is 14.0. The Labute approximate surface area is 120 Å². The lowest BCUT2D eigenvalue weighted by Gasteiger charge is -2.06. The van der Waals surface area contributed by atoms with Crippen molar-refractivity contribution in [3.63, 3.8) is 0 Å². The minimum Gasteiger partial charge on any atom is -0.618 e. The summed E-state index contributed by atoms with van der Waals surface area (Å²) in [4.78, 5) is 11.7. The van der Waals surface area contributed by atoms with Gasteiger partial charge in [0.2, 0.25) is 5.91 Å². The van der Waals surface area contributed by atoms with Crippen molar-refractivity contribution in [1.82, 2.24) is 0 Å². The molecule has 0 spiro atoms. The van der Waals surface area contributed by atoms with Gasteiger partial charge in [-0.05, 0) is 42.4 Å². The number of halogens is 1. The minimum atomic E-state index is -0.365. The van der Waals surface area contributed by atoms with Crippen molar-refractivity contribution in [3.05, 3.63) is 59.2 Å². The molecule has 0 unspecified atom stereocenters. The molecular weight excluding hydrogens is 279 g/mol. The summed E-state index contributed by atoms with van der Waals surface area (Å²) in [7, 11) is 0. The fraction of sp³-hybridized carbons (Fsp3) is 0.143. The van der Waals surface area contributed by atoms with E-state index in [0.29, 0.717) is 21.0 Å². The van der Waals surface area contributed by atoms with Crippen LogP contribution in [0.25, 0.3) is 0 Å². The van der Waals surface area contributed by atoms with Gasteiger partial charge in [0.05, 0.1) is 5.75 Å². The van der Waals surface area contributed by atoms with E-state index in [1.807, 2.05) is 0 Å². The zero-order chi connectivity index (χ0) is 14.5. The monoisotopic (exact) mass is 292 g/mol. The van der Waals surface area contributed by atoms with E-state index in [-0.39, 0.29) is 17.5 Å². The summed E-state index contributed by atoms with van der Waals surface area (Å²) in [5.41, 5.74) is 0.927. The van der Waals surface area contributed by atoms with Gasteiger partial charge >= 0.3 is 0 Å². The van der Waals surface area contributed by atoms with Crippen molar-refractivity contribution >= 4 is 23.4 Å². The Hall–Kier alpha value is -2.08. The number of carbonyl (C=O) groups is 1. The number of benzene rings is 1. The molecule has 6 heteroatoms. The number of hydrogen-bond acceptors (Lipinski definition) is 3. The molecule has 1 amide bonds. The molecule has 0 aliphatic heterocycles. The third-order valence-electron chi connectivity index (χ3n) is 2.60. The average Bonchev–Trinajstić information content (AvgIpc) is 2.42. The summed E-state index contributed by atoms with van der Waals surface area (Å²) >= 11 is 1.13. The van der Waals surface area contributed by atoms with Gasteiger partial charge in [0.15, 0.2) is 6.20 Å². The van der Waals surface area contributed by atoms with Gasteiger partial charge in [-0.1, -0.05) is 6.07 Å². The molecule has 0 saturated heterocycles. The van der Waals surface area contributed by atoms with Crippen LogP contribution in [-0.2, 0) is 4.79 Å². The van der Waals surface area contributed by atoms with Crippen molar-refractivity contribution in [2.75, 3.05) is 11.1 Å². The van der Waals surface area contributed by atoms with Crippen LogP contribution in [0.1, 0.15) is 5.56 Å². The first kappa shape index (κ1) is 14.3. The molecule has 1 N–H and O–H groups in total. The molecule has 0 bridgehead atoms. The largest absolute Gasteiger partial charge is 0.618 e. The lowest BCUT2D eigenvalue weighted by molar-refractivity contribution is -0.645. The Balaban J connectivity index is 1.93. The summed E-state index contributed by atoms with van der Waals surface area (Å²) in [6.45, 7) is 1.65. The van der Waals surface area contributed by atoms with E-state index in [9.17, 15) is 14.4 Å². The highest BCUT2D eigenvalue weighted by molar-refractivity contribution is 7.99. The maximum absolute atomic E-state index is 13.3. The molecular formula is C14H13FN2O2S. The normalized spacial score (nSPS) is 10.3. The molecule has 0 saturated carbocycles. The van der Waals surface area contributed by atoms with Gasteiger partial charge in [0, 0.05) is 17.8 Å². The Morgan fingerprint density at radius 1 is 1.40 bits per heavy atom. The maximum Gasteiger partial charge on any atom is 0.251 e. The molecule has 0 atom stereocenters. The molecule has 2 aromatic rings. The zero-order valence-corrected chi connectivity index (χ0v) is 11.6. The van der Waals surface area contributed by atoms with E-state index in [0.717, 1.165) is 11.8 Å². The molecule has 1 aromatic heterocycles. The lowest BCUT2D eigenvalue weighted by Crippen LogP contribution is -2.28. The van der Waals surface area contributed by atoms with Crippen LogP contribution in [0.15, 0.2) is 47.6 Å². The van der Waals surface area contributed by atoms with Gasteiger partial charge in [-0.2, -0.15) is 4.73 Å². The van der Waals surface area contributed by atoms with Gasteiger partial charge in [-0.3, -0.25) is 4.79 Å². The Kier molecular flexibility index (Phi) is 4.57. The summed E-state index contributed by atoms with van der Waals surface area (Å²) in [5, 5.41) is 14.4. The number of anilines is 1. The SMILES string of the molecule is Cc1ccc(NC(=O)CSc2cccc[n+]2[O-])cc1F. The fourth-order valence-electron chi connectivity index (χ4n) is 1.53. The molecule has 1 heterocycles. The molecule has 4 nitrogen and oxygen atoms in total. The van der Waals surface area contributed by atoms with Crippen LogP contribution in [0, 0.1) is 17.9 Å². The second-order valence-corrected chi connectivity index (χ2v) is 5.16. The number of rotatable bonds is 4. The molecule has 0 aliphatic carbocycles. The van der Waals surface area contributed by atoms with Gasteiger partial charge in [0.25, 0.3) is 5.03 Å². The van der Waals surface area contributed by atoms with Crippen molar-refractivity contribution < 1.29 is 13.9 Å². The molecule has 0 aliphatic rings. The maximum atomic E-state index is 13.3. The predicted octanol–water partition coefficient (Wildman–Crippen LogP) is 2.50. The second-order valence-electron chi connectivity index (χ2n) is 4.17. The third kappa shape index (κ3) is 3.71. The number of nitrogens with zero attached hydrogens (tertiary/aromatic N) is 1. The number of amides is 1. The van der Waals surface area contributed by atoms with E-state index in [2.05, 4.69) is 5.32 Å². The molecule has 0 fully saturated rings. The first-order valence-electron chi connectivity index (χ1n) is 5.93. The molecule has 2 rings (SSSR count). The first-order valence-corrected chi connectivity index (χ1v) is 6.92. The summed E-state index contributed by atoms with van der Waals surface area (Å²) in [6, 6.07) is 9.49. The van der Waals surface area contributed by atoms with Crippen molar-refractivity contribution in [1.29, 1.82) is 0 Å². The Morgan fingerprint density at radius 2 is 2.20 bits per heavy atom. The zero-order valence-electron chi connectivity index (χ0n) is 10.8. The summed E-state index contributed by atoms with van der Waals surface area (Å²) in [5.74, 6) is -0.570. The van der Waals surface area contributed by atoms with Crippen molar-refractivity contribution in [3.8, 4) is 0 Å². The van der Waals surface area contributed by atoms with Gasteiger partial charge < -0.3 is 10.5 Å². The average molecular weight is 292 g/mol.